The highest BCUT2D eigenvalue weighted by Crippen LogP contribution is 2.15. The van der Waals surface area contributed by atoms with E-state index in [1.807, 2.05) is 12.1 Å². The molecule has 0 amide bonds. The monoisotopic (exact) mass is 303 g/mol. The lowest BCUT2D eigenvalue weighted by molar-refractivity contribution is 0.309. The average molecular weight is 304 g/mol. The zero-order valence-corrected chi connectivity index (χ0v) is 13.0. The smallest absolute Gasteiger partial charge is 0.119 e. The standard InChI is InChI=1S/C15H22ClNO.ClH/c1-2-3-10-18-15-8-6-13(7-9-15)4-5-14(11-16)12-17;/h6-9,11H,2-5,10,12,17H2,1H3;1H/b14-11+;. The summed E-state index contributed by atoms with van der Waals surface area (Å²) >= 11 is 5.67. The lowest BCUT2D eigenvalue weighted by Gasteiger charge is -2.07. The third kappa shape index (κ3) is 7.46. The third-order valence-electron chi connectivity index (χ3n) is 2.84. The summed E-state index contributed by atoms with van der Waals surface area (Å²) < 4.78 is 5.62. The van der Waals surface area contributed by atoms with Gasteiger partial charge in [0.25, 0.3) is 0 Å². The van der Waals surface area contributed by atoms with Crippen molar-refractivity contribution in [2.24, 2.45) is 5.73 Å². The van der Waals surface area contributed by atoms with Gasteiger partial charge in [0, 0.05) is 12.1 Å². The Morgan fingerprint density at radius 3 is 2.53 bits per heavy atom. The number of halogens is 2. The maximum atomic E-state index is 5.67. The first kappa shape index (κ1) is 18.3. The maximum absolute atomic E-state index is 5.67. The van der Waals surface area contributed by atoms with Crippen molar-refractivity contribution in [3.63, 3.8) is 0 Å². The second kappa shape index (κ2) is 11.2. The van der Waals surface area contributed by atoms with Crippen molar-refractivity contribution in [2.75, 3.05) is 13.2 Å². The number of unbranched alkanes of at least 4 members (excludes halogenated alkanes) is 1. The molecule has 0 fully saturated rings. The van der Waals surface area contributed by atoms with Crippen LogP contribution in [0.2, 0.25) is 0 Å². The van der Waals surface area contributed by atoms with E-state index in [0.717, 1.165) is 43.6 Å². The molecule has 0 saturated carbocycles. The highest BCUT2D eigenvalue weighted by Gasteiger charge is 1.98. The largest absolute Gasteiger partial charge is 0.494 e. The number of aryl methyl sites for hydroxylation is 1. The molecule has 4 heteroatoms. The Kier molecular flexibility index (Phi) is 10.7. The van der Waals surface area contributed by atoms with Gasteiger partial charge >= 0.3 is 0 Å². The molecule has 0 saturated heterocycles. The average Bonchev–Trinajstić information content (AvgIpc) is 2.42. The van der Waals surface area contributed by atoms with Crippen molar-refractivity contribution >= 4 is 24.0 Å². The molecule has 0 aliphatic rings. The number of ether oxygens (including phenoxy) is 1. The van der Waals surface area contributed by atoms with Crippen molar-refractivity contribution in [2.45, 2.75) is 32.6 Å². The fourth-order valence-corrected chi connectivity index (χ4v) is 1.79. The van der Waals surface area contributed by atoms with E-state index in [1.165, 1.54) is 5.56 Å². The van der Waals surface area contributed by atoms with Gasteiger partial charge in [-0.2, -0.15) is 0 Å². The van der Waals surface area contributed by atoms with E-state index in [4.69, 9.17) is 22.1 Å². The van der Waals surface area contributed by atoms with Crippen LogP contribution in [0.5, 0.6) is 5.75 Å². The Hall–Kier alpha value is -0.700. The second-order valence-electron chi connectivity index (χ2n) is 4.32. The Bertz CT molecular complexity index is 363. The van der Waals surface area contributed by atoms with Gasteiger partial charge in [0.2, 0.25) is 0 Å². The van der Waals surface area contributed by atoms with E-state index in [-0.39, 0.29) is 12.4 Å². The summed E-state index contributed by atoms with van der Waals surface area (Å²) in [6, 6.07) is 8.25. The molecule has 2 N–H and O–H groups in total. The summed E-state index contributed by atoms with van der Waals surface area (Å²) in [7, 11) is 0. The molecule has 19 heavy (non-hydrogen) atoms. The van der Waals surface area contributed by atoms with Gasteiger partial charge in [-0.25, -0.2) is 0 Å². The van der Waals surface area contributed by atoms with Crippen LogP contribution in [0, 0.1) is 0 Å². The first-order valence-corrected chi connectivity index (χ1v) is 6.93. The first-order valence-electron chi connectivity index (χ1n) is 6.50. The van der Waals surface area contributed by atoms with Gasteiger partial charge in [-0.05, 0) is 42.5 Å². The van der Waals surface area contributed by atoms with Crippen LogP contribution in [0.25, 0.3) is 0 Å². The molecule has 0 aromatic heterocycles. The summed E-state index contributed by atoms with van der Waals surface area (Å²) in [5.41, 5.74) is 9.52. The molecule has 0 atom stereocenters. The first-order chi connectivity index (χ1) is 8.80. The van der Waals surface area contributed by atoms with E-state index in [9.17, 15) is 0 Å². The SMILES string of the molecule is CCCCOc1ccc(CC/C(=C\Cl)CN)cc1.Cl. The van der Waals surface area contributed by atoms with Crippen LogP contribution in [0.1, 0.15) is 31.7 Å². The normalized spacial score (nSPS) is 11.0. The predicted molar refractivity (Wildman–Crippen MR) is 85.4 cm³/mol. The molecule has 0 radical (unpaired) electrons. The molecular weight excluding hydrogens is 281 g/mol. The molecule has 0 aliphatic heterocycles. The molecule has 1 rings (SSSR count). The molecule has 0 bridgehead atoms. The van der Waals surface area contributed by atoms with Crippen molar-refractivity contribution < 1.29 is 4.74 Å². The van der Waals surface area contributed by atoms with Crippen LogP contribution in [0.15, 0.2) is 35.4 Å². The highest BCUT2D eigenvalue weighted by molar-refractivity contribution is 6.25. The molecule has 0 heterocycles. The van der Waals surface area contributed by atoms with Crippen molar-refractivity contribution in [3.8, 4) is 5.75 Å². The zero-order chi connectivity index (χ0) is 13.2. The summed E-state index contributed by atoms with van der Waals surface area (Å²) in [5.74, 6) is 0.944. The van der Waals surface area contributed by atoms with Gasteiger partial charge in [-0.15, -0.1) is 12.4 Å². The van der Waals surface area contributed by atoms with Crippen LogP contribution in [-0.4, -0.2) is 13.2 Å². The molecule has 1 aromatic rings. The molecule has 2 nitrogen and oxygen atoms in total. The van der Waals surface area contributed by atoms with Gasteiger partial charge in [-0.1, -0.05) is 37.1 Å². The Morgan fingerprint density at radius 1 is 1.32 bits per heavy atom. The van der Waals surface area contributed by atoms with Gasteiger partial charge in [0.05, 0.1) is 6.61 Å². The van der Waals surface area contributed by atoms with Crippen LogP contribution >= 0.6 is 24.0 Å². The van der Waals surface area contributed by atoms with E-state index in [0.29, 0.717) is 6.54 Å². The molecule has 1 aromatic carbocycles. The van der Waals surface area contributed by atoms with E-state index >= 15 is 0 Å². The van der Waals surface area contributed by atoms with Crippen molar-refractivity contribution in [1.29, 1.82) is 0 Å². The van der Waals surface area contributed by atoms with Crippen LogP contribution in [0.4, 0.5) is 0 Å². The molecule has 0 spiro atoms. The number of hydrogen-bond acceptors (Lipinski definition) is 2. The molecule has 0 aliphatic carbocycles. The Balaban J connectivity index is 0.00000324. The maximum Gasteiger partial charge on any atom is 0.119 e. The number of nitrogens with two attached hydrogens (primary N) is 1. The number of rotatable bonds is 8. The van der Waals surface area contributed by atoms with E-state index in [1.54, 1.807) is 5.54 Å². The van der Waals surface area contributed by atoms with Gasteiger partial charge in [-0.3, -0.25) is 0 Å². The summed E-state index contributed by atoms with van der Waals surface area (Å²) in [5, 5.41) is 0. The van der Waals surface area contributed by atoms with E-state index in [2.05, 4.69) is 19.1 Å². The van der Waals surface area contributed by atoms with Gasteiger partial charge in [0.15, 0.2) is 0 Å². The Labute approximate surface area is 127 Å². The van der Waals surface area contributed by atoms with Gasteiger partial charge in [0.1, 0.15) is 5.75 Å². The lowest BCUT2D eigenvalue weighted by Crippen LogP contribution is -2.03. The van der Waals surface area contributed by atoms with Crippen LogP contribution < -0.4 is 10.5 Å². The minimum absolute atomic E-state index is 0. The minimum atomic E-state index is 0. The quantitative estimate of drug-likeness (QED) is 0.727. The topological polar surface area (TPSA) is 35.2 Å². The van der Waals surface area contributed by atoms with Crippen LogP contribution in [-0.2, 0) is 6.42 Å². The zero-order valence-electron chi connectivity index (χ0n) is 11.4. The van der Waals surface area contributed by atoms with Crippen LogP contribution in [0.3, 0.4) is 0 Å². The highest BCUT2D eigenvalue weighted by atomic mass is 35.5. The Morgan fingerprint density at radius 2 is 2.00 bits per heavy atom. The fourth-order valence-electron chi connectivity index (χ4n) is 1.59. The molecule has 0 unspecified atom stereocenters. The minimum Gasteiger partial charge on any atom is -0.494 e. The lowest BCUT2D eigenvalue weighted by atomic mass is 10.1. The summed E-state index contributed by atoms with van der Waals surface area (Å²) in [4.78, 5) is 0. The predicted octanol–water partition coefficient (Wildman–Crippen LogP) is 4.30. The summed E-state index contributed by atoms with van der Waals surface area (Å²) in [6.07, 6.45) is 4.13. The van der Waals surface area contributed by atoms with Gasteiger partial charge < -0.3 is 10.5 Å². The number of hydrogen-bond donors (Lipinski definition) is 1. The summed E-state index contributed by atoms with van der Waals surface area (Å²) in [6.45, 7) is 3.48. The van der Waals surface area contributed by atoms with Crippen molar-refractivity contribution in [1.82, 2.24) is 0 Å². The number of benzene rings is 1. The van der Waals surface area contributed by atoms with E-state index < -0.39 is 0 Å². The molecule has 108 valence electrons. The molecular formula is C15H23Cl2NO. The van der Waals surface area contributed by atoms with Crippen molar-refractivity contribution in [3.05, 3.63) is 40.9 Å². The third-order valence-corrected chi connectivity index (χ3v) is 3.15. The second-order valence-corrected chi connectivity index (χ2v) is 4.54. The fraction of sp³-hybridized carbons (Fsp3) is 0.467.